The predicted molar refractivity (Wildman–Crippen MR) is 106 cm³/mol. The second-order valence-corrected chi connectivity index (χ2v) is 6.94. The maximum absolute atomic E-state index is 12.3. The lowest BCUT2D eigenvalue weighted by Gasteiger charge is -2.39. The summed E-state index contributed by atoms with van der Waals surface area (Å²) in [6, 6.07) is 7.62. The van der Waals surface area contributed by atoms with Gasteiger partial charge in [-0.15, -0.1) is 0 Å². The van der Waals surface area contributed by atoms with Crippen LogP contribution in [0.3, 0.4) is 0 Å². The number of allylic oxidation sites excluding steroid dienone is 1. The zero-order chi connectivity index (χ0) is 22.7. The van der Waals surface area contributed by atoms with Gasteiger partial charge in [0, 0.05) is 6.07 Å². The maximum Gasteiger partial charge on any atom is 0.229 e. The number of aromatic hydroxyl groups is 3. The first-order chi connectivity index (χ1) is 14.7. The van der Waals surface area contributed by atoms with Gasteiger partial charge in [-0.2, -0.15) is 0 Å². The van der Waals surface area contributed by atoms with Crippen LogP contribution in [0.2, 0.25) is 0 Å². The van der Waals surface area contributed by atoms with Gasteiger partial charge in [-0.1, -0.05) is 12.1 Å². The molecule has 166 valence electrons. The van der Waals surface area contributed by atoms with Crippen LogP contribution in [0.15, 0.2) is 42.5 Å². The number of aliphatic hydroxyl groups excluding tert-OH is 4. The van der Waals surface area contributed by atoms with Crippen molar-refractivity contribution >= 4 is 11.9 Å². The van der Waals surface area contributed by atoms with E-state index in [0.29, 0.717) is 5.56 Å². The molecule has 0 unspecified atom stereocenters. The standard InChI is InChI=1S/C21H22O10/c22-9-17-18(27)19(28)20(29)21(31-17)30-16-7-10(2-6-14(16)25)1-5-13(24)12-4-3-11(23)8-15(12)26/h1-8,17-23,25-29H,9H2/t17-,18-,19+,20-,21-/m1/s1. The van der Waals surface area contributed by atoms with Crippen molar-refractivity contribution in [3.63, 3.8) is 0 Å². The van der Waals surface area contributed by atoms with E-state index in [2.05, 4.69) is 0 Å². The van der Waals surface area contributed by atoms with E-state index in [1.54, 1.807) is 0 Å². The molecule has 1 aliphatic rings. The zero-order valence-electron chi connectivity index (χ0n) is 16.1. The second-order valence-electron chi connectivity index (χ2n) is 6.94. The van der Waals surface area contributed by atoms with Crippen LogP contribution in [-0.2, 0) is 4.74 Å². The Morgan fingerprint density at radius 3 is 2.39 bits per heavy atom. The molecule has 1 saturated heterocycles. The lowest BCUT2D eigenvalue weighted by molar-refractivity contribution is -0.277. The lowest BCUT2D eigenvalue weighted by atomic mass is 9.99. The maximum atomic E-state index is 12.3. The minimum Gasteiger partial charge on any atom is -0.508 e. The molecule has 1 aliphatic heterocycles. The van der Waals surface area contributed by atoms with Crippen molar-refractivity contribution in [2.24, 2.45) is 0 Å². The molecule has 0 bridgehead atoms. The third kappa shape index (κ3) is 4.95. The Hall–Kier alpha value is -3.15. The molecular formula is C21H22O10. The van der Waals surface area contributed by atoms with Crippen LogP contribution in [-0.4, -0.2) is 78.8 Å². The molecule has 1 heterocycles. The fraction of sp³-hybridized carbons (Fsp3) is 0.286. The number of hydrogen-bond acceptors (Lipinski definition) is 10. The average molecular weight is 434 g/mol. The van der Waals surface area contributed by atoms with Gasteiger partial charge in [0.1, 0.15) is 35.9 Å². The molecule has 31 heavy (non-hydrogen) atoms. The Labute approximate surface area is 176 Å². The molecule has 2 aromatic rings. The summed E-state index contributed by atoms with van der Waals surface area (Å²) in [6.45, 7) is -0.633. The summed E-state index contributed by atoms with van der Waals surface area (Å²) in [5.41, 5.74) is 0.384. The summed E-state index contributed by atoms with van der Waals surface area (Å²) in [6.07, 6.45) is -4.97. The molecule has 0 radical (unpaired) electrons. The molecule has 10 heteroatoms. The van der Waals surface area contributed by atoms with Gasteiger partial charge < -0.3 is 45.2 Å². The van der Waals surface area contributed by atoms with Crippen molar-refractivity contribution < 1.29 is 50.0 Å². The number of carbonyl (C=O) groups is 1. The summed E-state index contributed by atoms with van der Waals surface area (Å²) in [4.78, 5) is 12.3. The largest absolute Gasteiger partial charge is 0.508 e. The first kappa shape index (κ1) is 22.5. The summed E-state index contributed by atoms with van der Waals surface area (Å²) < 4.78 is 10.7. The molecular weight excluding hydrogens is 412 g/mol. The quantitative estimate of drug-likeness (QED) is 0.239. The highest BCUT2D eigenvalue weighted by molar-refractivity contribution is 6.08. The van der Waals surface area contributed by atoms with Crippen molar-refractivity contribution in [1.29, 1.82) is 0 Å². The van der Waals surface area contributed by atoms with Crippen molar-refractivity contribution in [3.05, 3.63) is 53.6 Å². The molecule has 0 aromatic heterocycles. The molecule has 0 aliphatic carbocycles. The van der Waals surface area contributed by atoms with E-state index in [1.807, 2.05) is 0 Å². The van der Waals surface area contributed by atoms with Crippen LogP contribution in [0, 0.1) is 0 Å². The van der Waals surface area contributed by atoms with Crippen LogP contribution in [0.25, 0.3) is 6.08 Å². The van der Waals surface area contributed by atoms with Crippen LogP contribution < -0.4 is 4.74 Å². The molecule has 2 aromatic carbocycles. The Morgan fingerprint density at radius 1 is 0.968 bits per heavy atom. The van der Waals surface area contributed by atoms with E-state index < -0.39 is 43.1 Å². The topological polar surface area (TPSA) is 177 Å². The number of carbonyl (C=O) groups excluding carboxylic acids is 1. The summed E-state index contributed by atoms with van der Waals surface area (Å²) >= 11 is 0. The highest BCUT2D eigenvalue weighted by Gasteiger charge is 2.44. The highest BCUT2D eigenvalue weighted by Crippen LogP contribution is 2.32. The van der Waals surface area contributed by atoms with Crippen molar-refractivity contribution in [3.8, 4) is 23.0 Å². The number of ketones is 1. The molecule has 0 saturated carbocycles. The normalized spacial score (nSPS) is 26.1. The Morgan fingerprint density at radius 2 is 1.71 bits per heavy atom. The van der Waals surface area contributed by atoms with Gasteiger partial charge in [-0.3, -0.25) is 4.79 Å². The van der Waals surface area contributed by atoms with Gasteiger partial charge in [0.05, 0.1) is 12.2 Å². The van der Waals surface area contributed by atoms with Gasteiger partial charge in [0.2, 0.25) is 6.29 Å². The van der Waals surface area contributed by atoms with E-state index in [4.69, 9.17) is 9.47 Å². The lowest BCUT2D eigenvalue weighted by Crippen LogP contribution is -2.60. The molecule has 10 nitrogen and oxygen atoms in total. The summed E-state index contributed by atoms with van der Waals surface area (Å²) in [7, 11) is 0. The second kappa shape index (κ2) is 9.33. The molecule has 3 rings (SSSR count). The number of phenols is 3. The smallest absolute Gasteiger partial charge is 0.229 e. The van der Waals surface area contributed by atoms with E-state index >= 15 is 0 Å². The van der Waals surface area contributed by atoms with Gasteiger partial charge >= 0.3 is 0 Å². The van der Waals surface area contributed by atoms with Crippen LogP contribution in [0.4, 0.5) is 0 Å². The Bertz CT molecular complexity index is 971. The van der Waals surface area contributed by atoms with Crippen LogP contribution in [0.1, 0.15) is 15.9 Å². The van der Waals surface area contributed by atoms with E-state index in [-0.39, 0.29) is 28.6 Å². The van der Waals surface area contributed by atoms with Gasteiger partial charge in [-0.05, 0) is 35.9 Å². The third-order valence-corrected chi connectivity index (χ3v) is 4.75. The molecule has 7 N–H and O–H groups in total. The minimum absolute atomic E-state index is 0.0226. The van der Waals surface area contributed by atoms with E-state index in [0.717, 1.165) is 12.1 Å². The van der Waals surface area contributed by atoms with Crippen LogP contribution in [0.5, 0.6) is 23.0 Å². The molecule has 0 spiro atoms. The van der Waals surface area contributed by atoms with Gasteiger partial charge in [0.25, 0.3) is 0 Å². The number of hydrogen-bond donors (Lipinski definition) is 7. The Balaban J connectivity index is 1.77. The Kier molecular flexibility index (Phi) is 6.78. The van der Waals surface area contributed by atoms with Gasteiger partial charge in [-0.25, -0.2) is 0 Å². The fourth-order valence-electron chi connectivity index (χ4n) is 3.01. The number of phenolic OH excluding ortho intramolecular Hbond substituents is 3. The summed E-state index contributed by atoms with van der Waals surface area (Å²) in [5, 5.41) is 68.1. The summed E-state index contributed by atoms with van der Waals surface area (Å²) in [5.74, 6) is -1.58. The van der Waals surface area contributed by atoms with Crippen molar-refractivity contribution in [1.82, 2.24) is 0 Å². The zero-order valence-corrected chi connectivity index (χ0v) is 16.1. The average Bonchev–Trinajstić information content (AvgIpc) is 2.74. The van der Waals surface area contributed by atoms with Crippen LogP contribution >= 0.6 is 0 Å². The molecule has 5 atom stereocenters. The predicted octanol–water partition coefficient (Wildman–Crippen LogP) is -0.122. The van der Waals surface area contributed by atoms with E-state index in [9.17, 15) is 40.5 Å². The third-order valence-electron chi connectivity index (χ3n) is 4.75. The van der Waals surface area contributed by atoms with Crippen molar-refractivity contribution in [2.75, 3.05) is 6.61 Å². The number of ether oxygens (including phenoxy) is 2. The van der Waals surface area contributed by atoms with E-state index in [1.165, 1.54) is 36.4 Å². The minimum atomic E-state index is -1.66. The first-order valence-corrected chi connectivity index (χ1v) is 9.26. The highest BCUT2D eigenvalue weighted by atomic mass is 16.7. The monoisotopic (exact) mass is 434 g/mol. The SMILES string of the molecule is O=C(C=Cc1ccc(O)c(O[C@@H]2O[C@H](CO)[C@@H](O)[C@H](O)[C@H]2O)c1)c1ccc(O)cc1O. The van der Waals surface area contributed by atoms with Crippen molar-refractivity contribution in [2.45, 2.75) is 30.7 Å². The number of aliphatic hydroxyl groups is 4. The first-order valence-electron chi connectivity index (χ1n) is 9.26. The fourth-order valence-corrected chi connectivity index (χ4v) is 3.01. The molecule has 1 fully saturated rings. The van der Waals surface area contributed by atoms with Gasteiger partial charge in [0.15, 0.2) is 17.3 Å². The molecule has 0 amide bonds. The number of benzene rings is 2. The number of rotatable bonds is 6.